The van der Waals surface area contributed by atoms with E-state index in [1.807, 2.05) is 0 Å². The van der Waals surface area contributed by atoms with Crippen molar-refractivity contribution in [2.45, 2.75) is 11.2 Å². The molecule has 2 nitrogen and oxygen atoms in total. The monoisotopic (exact) mass is 192 g/mol. The third kappa shape index (κ3) is 1.76. The van der Waals surface area contributed by atoms with Gasteiger partial charge >= 0.3 is 0 Å². The number of hydrogen-bond donors (Lipinski definition) is 0. The molecule has 0 N–H and O–H groups in total. The average Bonchev–Trinajstić information content (AvgIpc) is 2.37. The second-order valence-electron chi connectivity index (χ2n) is 2.20. The lowest BCUT2D eigenvalue weighted by Gasteiger charge is -2.06. The Labute approximate surface area is 62.7 Å². The summed E-state index contributed by atoms with van der Waals surface area (Å²) in [4.78, 5) is 10.2. The molecule has 1 aliphatic heterocycles. The zero-order chi connectivity index (χ0) is 6.69. The summed E-state index contributed by atoms with van der Waals surface area (Å²) in [5, 5.41) is 0. The van der Waals surface area contributed by atoms with Crippen molar-refractivity contribution in [3.8, 4) is 0 Å². The maximum absolute atomic E-state index is 10.2. The predicted molar refractivity (Wildman–Crippen MR) is 37.7 cm³/mol. The summed E-state index contributed by atoms with van der Waals surface area (Å²) in [6, 6.07) is 0. The first-order valence-corrected chi connectivity index (χ1v) is 3.93. The zero-order valence-electron chi connectivity index (χ0n) is 5.05. The van der Waals surface area contributed by atoms with Gasteiger partial charge in [0.05, 0.1) is 11.4 Å². The Bertz CT molecular complexity index is 99.2. The molecule has 1 aliphatic rings. The predicted octanol–water partition coefficient (Wildman–Crippen LogP) is 0.985. The Morgan fingerprint density at radius 3 is 3.00 bits per heavy atom. The first-order chi connectivity index (χ1) is 4.34. The van der Waals surface area contributed by atoms with Crippen LogP contribution in [0, 0.1) is 5.92 Å². The van der Waals surface area contributed by atoms with Crippen molar-refractivity contribution >= 4 is 22.2 Å². The number of carbonyl (C=O) groups excluding carboxylic acids is 1. The van der Waals surface area contributed by atoms with E-state index in [0.29, 0.717) is 5.92 Å². The third-order valence-electron chi connectivity index (χ3n) is 1.55. The summed E-state index contributed by atoms with van der Waals surface area (Å²) in [7, 11) is 0. The molecule has 0 aliphatic carbocycles. The molecule has 0 aromatic carbocycles. The van der Waals surface area contributed by atoms with Gasteiger partial charge in [-0.1, -0.05) is 15.9 Å². The van der Waals surface area contributed by atoms with Crippen LogP contribution in [0.2, 0.25) is 0 Å². The molecule has 52 valence electrons. The Hall–Kier alpha value is 0.110. The zero-order valence-corrected chi connectivity index (χ0v) is 6.63. The molecule has 1 saturated heterocycles. The Kier molecular flexibility index (Phi) is 2.66. The molecule has 9 heavy (non-hydrogen) atoms. The van der Waals surface area contributed by atoms with Crippen LogP contribution in [-0.2, 0) is 9.53 Å². The molecule has 0 radical (unpaired) electrons. The van der Waals surface area contributed by atoms with Crippen molar-refractivity contribution in [1.82, 2.24) is 0 Å². The number of alkyl halides is 1. The van der Waals surface area contributed by atoms with Gasteiger partial charge in [0.15, 0.2) is 0 Å². The molecule has 3 heteroatoms. The minimum atomic E-state index is -0.000000000000000444. The van der Waals surface area contributed by atoms with Crippen LogP contribution in [0.5, 0.6) is 0 Å². The smallest absolute Gasteiger partial charge is 0.133 e. The van der Waals surface area contributed by atoms with Gasteiger partial charge in [-0.2, -0.15) is 0 Å². The molecule has 0 unspecified atom stereocenters. The fraction of sp³-hybridized carbons (Fsp3) is 0.833. The molecule has 0 bridgehead atoms. The van der Waals surface area contributed by atoms with E-state index in [0.717, 1.165) is 25.9 Å². The summed E-state index contributed by atoms with van der Waals surface area (Å²) in [5.41, 5.74) is 0. The number of hydrogen-bond acceptors (Lipinski definition) is 2. The fourth-order valence-corrected chi connectivity index (χ4v) is 1.33. The van der Waals surface area contributed by atoms with E-state index in [1.165, 1.54) is 0 Å². The lowest BCUT2D eigenvalue weighted by atomic mass is 10.1. The largest absolute Gasteiger partial charge is 0.381 e. The fourth-order valence-electron chi connectivity index (χ4n) is 0.915. The van der Waals surface area contributed by atoms with Crippen molar-refractivity contribution in [1.29, 1.82) is 0 Å². The van der Waals surface area contributed by atoms with Crippen molar-refractivity contribution < 1.29 is 9.53 Å². The highest BCUT2D eigenvalue weighted by Gasteiger charge is 2.22. The van der Waals surface area contributed by atoms with E-state index in [9.17, 15) is 4.79 Å². The topological polar surface area (TPSA) is 26.3 Å². The summed E-state index contributed by atoms with van der Waals surface area (Å²) in [6.45, 7) is 1.54. The number of carbonyl (C=O) groups is 1. The minimum Gasteiger partial charge on any atom is -0.381 e. The van der Waals surface area contributed by atoms with Crippen LogP contribution >= 0.6 is 15.9 Å². The average molecular weight is 193 g/mol. The summed E-state index contributed by atoms with van der Waals surface area (Å²) < 4.78 is 5.09. The van der Waals surface area contributed by atoms with Gasteiger partial charge < -0.3 is 9.53 Å². The Morgan fingerprint density at radius 2 is 2.56 bits per heavy atom. The van der Waals surface area contributed by atoms with Gasteiger partial charge in [-0.25, -0.2) is 0 Å². The maximum atomic E-state index is 10.2. The maximum Gasteiger partial charge on any atom is 0.133 e. The SMILES string of the molecule is O=C[C@H](Br)[C@H]1CCOC1. The van der Waals surface area contributed by atoms with Crippen molar-refractivity contribution in [3.63, 3.8) is 0 Å². The molecule has 0 aromatic heterocycles. The molecule has 1 fully saturated rings. The van der Waals surface area contributed by atoms with Crippen molar-refractivity contribution in [2.24, 2.45) is 5.92 Å². The second kappa shape index (κ2) is 3.32. The van der Waals surface area contributed by atoms with Crippen LogP contribution in [-0.4, -0.2) is 24.3 Å². The number of halogens is 1. The first kappa shape index (κ1) is 7.22. The van der Waals surface area contributed by atoms with Crippen LogP contribution in [0.3, 0.4) is 0 Å². The van der Waals surface area contributed by atoms with E-state index in [1.54, 1.807) is 0 Å². The molecule has 0 saturated carbocycles. The normalized spacial score (nSPS) is 30.1. The van der Waals surface area contributed by atoms with E-state index in [2.05, 4.69) is 15.9 Å². The van der Waals surface area contributed by atoms with Crippen molar-refractivity contribution in [2.75, 3.05) is 13.2 Å². The molecule has 2 atom stereocenters. The molecule has 0 spiro atoms. The highest BCUT2D eigenvalue weighted by molar-refractivity contribution is 9.10. The van der Waals surface area contributed by atoms with Crippen LogP contribution in [0.4, 0.5) is 0 Å². The number of ether oxygens (including phenoxy) is 1. The molecule has 1 heterocycles. The molecule has 1 rings (SSSR count). The molecule has 0 amide bonds. The molecule has 0 aromatic rings. The van der Waals surface area contributed by atoms with Crippen LogP contribution < -0.4 is 0 Å². The van der Waals surface area contributed by atoms with Crippen LogP contribution in [0.15, 0.2) is 0 Å². The lowest BCUT2D eigenvalue weighted by molar-refractivity contribution is -0.108. The van der Waals surface area contributed by atoms with E-state index >= 15 is 0 Å². The first-order valence-electron chi connectivity index (χ1n) is 3.01. The molecular weight excluding hydrogens is 184 g/mol. The standard InChI is InChI=1S/C6H9BrO2/c7-6(3-8)5-1-2-9-4-5/h3,5-6H,1-2,4H2/t5-,6-/m0/s1. The summed E-state index contributed by atoms with van der Waals surface area (Å²) in [5.74, 6) is 0.405. The number of aldehydes is 1. The van der Waals surface area contributed by atoms with Gasteiger partial charge in [-0.05, 0) is 6.42 Å². The summed E-state index contributed by atoms with van der Waals surface area (Å²) in [6.07, 6.45) is 1.94. The van der Waals surface area contributed by atoms with E-state index in [-0.39, 0.29) is 4.83 Å². The highest BCUT2D eigenvalue weighted by atomic mass is 79.9. The van der Waals surface area contributed by atoms with Crippen LogP contribution in [0.1, 0.15) is 6.42 Å². The van der Waals surface area contributed by atoms with Gasteiger partial charge in [-0.3, -0.25) is 0 Å². The Balaban J connectivity index is 2.32. The van der Waals surface area contributed by atoms with Gasteiger partial charge in [0.25, 0.3) is 0 Å². The van der Waals surface area contributed by atoms with Gasteiger partial charge in [-0.15, -0.1) is 0 Å². The van der Waals surface area contributed by atoms with Gasteiger partial charge in [0.1, 0.15) is 6.29 Å². The van der Waals surface area contributed by atoms with Crippen LogP contribution in [0.25, 0.3) is 0 Å². The molecular formula is C6H9BrO2. The van der Waals surface area contributed by atoms with E-state index in [4.69, 9.17) is 4.74 Å². The lowest BCUT2D eigenvalue weighted by Crippen LogP contribution is -2.15. The van der Waals surface area contributed by atoms with Crippen molar-refractivity contribution in [3.05, 3.63) is 0 Å². The van der Waals surface area contributed by atoms with Gasteiger partial charge in [0.2, 0.25) is 0 Å². The third-order valence-corrected chi connectivity index (χ3v) is 2.51. The van der Waals surface area contributed by atoms with Gasteiger partial charge in [0, 0.05) is 12.5 Å². The highest BCUT2D eigenvalue weighted by Crippen LogP contribution is 2.20. The Morgan fingerprint density at radius 1 is 1.78 bits per heavy atom. The second-order valence-corrected chi connectivity index (χ2v) is 3.26. The minimum absolute atomic E-state index is 0.000000000000000444. The number of rotatable bonds is 2. The quantitative estimate of drug-likeness (QED) is 0.482. The summed E-state index contributed by atoms with van der Waals surface area (Å²) >= 11 is 3.26. The van der Waals surface area contributed by atoms with E-state index < -0.39 is 0 Å².